The van der Waals surface area contributed by atoms with E-state index in [2.05, 4.69) is 10.1 Å². The third kappa shape index (κ3) is 6.38. The molecule has 0 aliphatic rings. The van der Waals surface area contributed by atoms with Crippen LogP contribution in [0, 0.1) is 13.8 Å². The molecule has 0 aliphatic heterocycles. The van der Waals surface area contributed by atoms with Crippen molar-refractivity contribution in [2.24, 2.45) is 0 Å². The molecule has 0 saturated carbocycles. The Morgan fingerprint density at radius 3 is 2.28 bits per heavy atom. The molecule has 1 N–H and O–H groups in total. The summed E-state index contributed by atoms with van der Waals surface area (Å²) in [4.78, 5) is 25.6. The van der Waals surface area contributed by atoms with Gasteiger partial charge in [-0.1, -0.05) is 54.6 Å². The van der Waals surface area contributed by atoms with Crippen LogP contribution in [-0.4, -0.2) is 18.5 Å². The standard InChI is InChI=1S/C25H23F2NO4/c1-16-8-9-17(2)21(14-16)28-24(30)23(19-6-4-3-5-7-19)32-22(29)15-18-10-12-20(13-11-18)31-25(26)27/h3-14,23,25H,15H2,1-2H3,(H,28,30). The van der Waals surface area contributed by atoms with Gasteiger partial charge in [-0.15, -0.1) is 0 Å². The number of hydrogen-bond donors (Lipinski definition) is 1. The second kappa shape index (κ2) is 10.5. The molecule has 0 aliphatic carbocycles. The van der Waals surface area contributed by atoms with Crippen molar-refractivity contribution in [3.63, 3.8) is 0 Å². The van der Waals surface area contributed by atoms with Crippen molar-refractivity contribution in [2.45, 2.75) is 33.0 Å². The van der Waals surface area contributed by atoms with Crippen LogP contribution in [0.2, 0.25) is 0 Å². The zero-order valence-corrected chi connectivity index (χ0v) is 17.7. The fourth-order valence-electron chi connectivity index (χ4n) is 3.10. The number of carbonyl (C=O) groups is 2. The van der Waals surface area contributed by atoms with Gasteiger partial charge in [0.05, 0.1) is 6.42 Å². The predicted molar refractivity (Wildman–Crippen MR) is 117 cm³/mol. The summed E-state index contributed by atoms with van der Waals surface area (Å²) in [7, 11) is 0. The van der Waals surface area contributed by atoms with Crippen LogP contribution in [0.4, 0.5) is 14.5 Å². The van der Waals surface area contributed by atoms with E-state index in [9.17, 15) is 18.4 Å². The number of amides is 1. The molecular formula is C25H23F2NO4. The Bertz CT molecular complexity index is 1070. The van der Waals surface area contributed by atoms with Crippen LogP contribution in [-0.2, 0) is 20.7 Å². The number of benzene rings is 3. The van der Waals surface area contributed by atoms with Gasteiger partial charge in [-0.3, -0.25) is 9.59 Å². The SMILES string of the molecule is Cc1ccc(C)c(NC(=O)C(OC(=O)Cc2ccc(OC(F)F)cc2)c2ccccc2)c1. The molecule has 0 heterocycles. The third-order valence-electron chi connectivity index (χ3n) is 4.74. The van der Waals surface area contributed by atoms with E-state index in [1.54, 1.807) is 30.3 Å². The second-order valence-corrected chi connectivity index (χ2v) is 7.29. The number of esters is 1. The van der Waals surface area contributed by atoms with Crippen LogP contribution in [0.15, 0.2) is 72.8 Å². The lowest BCUT2D eigenvalue weighted by Crippen LogP contribution is -2.26. The number of halogens is 2. The Balaban J connectivity index is 1.74. The largest absolute Gasteiger partial charge is 0.447 e. The van der Waals surface area contributed by atoms with Crippen LogP contribution in [0.1, 0.15) is 28.4 Å². The molecule has 0 fully saturated rings. The molecule has 7 heteroatoms. The average Bonchev–Trinajstić information content (AvgIpc) is 2.76. The van der Waals surface area contributed by atoms with E-state index < -0.39 is 24.6 Å². The lowest BCUT2D eigenvalue weighted by atomic mass is 10.1. The minimum atomic E-state index is -2.92. The quantitative estimate of drug-likeness (QED) is 0.479. The van der Waals surface area contributed by atoms with Crippen molar-refractivity contribution in [3.05, 3.63) is 95.1 Å². The fourth-order valence-corrected chi connectivity index (χ4v) is 3.10. The topological polar surface area (TPSA) is 64.6 Å². The number of hydrogen-bond acceptors (Lipinski definition) is 4. The Labute approximate surface area is 185 Å². The van der Waals surface area contributed by atoms with Gasteiger partial charge < -0.3 is 14.8 Å². The van der Waals surface area contributed by atoms with Crippen LogP contribution >= 0.6 is 0 Å². The summed E-state index contributed by atoms with van der Waals surface area (Å²) in [5, 5.41) is 2.84. The number of carbonyl (C=O) groups excluding carboxylic acids is 2. The van der Waals surface area contributed by atoms with Crippen LogP contribution in [0.25, 0.3) is 0 Å². The highest BCUT2D eigenvalue weighted by Gasteiger charge is 2.25. The van der Waals surface area contributed by atoms with E-state index in [1.165, 1.54) is 24.3 Å². The summed E-state index contributed by atoms with van der Waals surface area (Å²) in [5.74, 6) is -1.11. The summed E-state index contributed by atoms with van der Waals surface area (Å²) in [6.07, 6.45) is -1.28. The monoisotopic (exact) mass is 439 g/mol. The van der Waals surface area contributed by atoms with Crippen LogP contribution in [0.5, 0.6) is 5.75 Å². The van der Waals surface area contributed by atoms with E-state index in [4.69, 9.17) is 4.74 Å². The Kier molecular flexibility index (Phi) is 7.54. The van der Waals surface area contributed by atoms with Crippen LogP contribution < -0.4 is 10.1 Å². The summed E-state index contributed by atoms with van der Waals surface area (Å²) in [6, 6.07) is 20.1. The Morgan fingerprint density at radius 2 is 1.62 bits per heavy atom. The summed E-state index contributed by atoms with van der Waals surface area (Å²) < 4.78 is 34.4. The van der Waals surface area contributed by atoms with E-state index in [0.717, 1.165) is 11.1 Å². The lowest BCUT2D eigenvalue weighted by molar-refractivity contribution is -0.154. The molecule has 3 rings (SSSR count). The number of ether oxygens (including phenoxy) is 2. The van der Waals surface area contributed by atoms with Gasteiger partial charge in [0.2, 0.25) is 6.10 Å². The van der Waals surface area contributed by atoms with Crippen molar-refractivity contribution < 1.29 is 27.8 Å². The molecule has 0 saturated heterocycles. The van der Waals surface area contributed by atoms with Crippen molar-refractivity contribution in [1.29, 1.82) is 0 Å². The highest BCUT2D eigenvalue weighted by atomic mass is 19.3. The van der Waals surface area contributed by atoms with Crippen molar-refractivity contribution >= 4 is 17.6 Å². The number of rotatable bonds is 8. The van der Waals surface area contributed by atoms with E-state index >= 15 is 0 Å². The first kappa shape index (κ1) is 22.9. The fraction of sp³-hybridized carbons (Fsp3) is 0.200. The van der Waals surface area contributed by atoms with Gasteiger partial charge in [-0.2, -0.15) is 8.78 Å². The molecule has 1 amide bonds. The number of aryl methyl sites for hydroxylation is 2. The van der Waals surface area contributed by atoms with E-state index in [-0.39, 0.29) is 12.2 Å². The minimum absolute atomic E-state index is 0.00724. The molecular weight excluding hydrogens is 416 g/mol. The maximum Gasteiger partial charge on any atom is 0.387 e. The molecule has 1 atom stereocenters. The van der Waals surface area contributed by atoms with Crippen molar-refractivity contribution in [3.8, 4) is 5.75 Å². The van der Waals surface area contributed by atoms with Gasteiger partial charge >= 0.3 is 12.6 Å². The van der Waals surface area contributed by atoms with Gasteiger partial charge in [-0.05, 0) is 48.7 Å². The molecule has 166 valence electrons. The molecule has 3 aromatic carbocycles. The Hall–Kier alpha value is -3.74. The summed E-state index contributed by atoms with van der Waals surface area (Å²) >= 11 is 0. The van der Waals surface area contributed by atoms with Gasteiger partial charge in [0.1, 0.15) is 5.75 Å². The maximum absolute atomic E-state index is 13.0. The molecule has 1 unspecified atom stereocenters. The molecule has 0 spiro atoms. The molecule has 32 heavy (non-hydrogen) atoms. The van der Waals surface area contributed by atoms with Gasteiger partial charge in [-0.25, -0.2) is 0 Å². The van der Waals surface area contributed by atoms with E-state index in [0.29, 0.717) is 16.8 Å². The van der Waals surface area contributed by atoms with Gasteiger partial charge in [0, 0.05) is 11.3 Å². The lowest BCUT2D eigenvalue weighted by Gasteiger charge is -2.19. The Morgan fingerprint density at radius 1 is 0.938 bits per heavy atom. The van der Waals surface area contributed by atoms with Crippen molar-refractivity contribution in [1.82, 2.24) is 0 Å². The predicted octanol–water partition coefficient (Wildman–Crippen LogP) is 5.37. The highest BCUT2D eigenvalue weighted by molar-refractivity contribution is 5.96. The zero-order chi connectivity index (χ0) is 23.1. The number of nitrogens with one attached hydrogen (secondary N) is 1. The molecule has 0 aromatic heterocycles. The average molecular weight is 439 g/mol. The first-order valence-electron chi connectivity index (χ1n) is 9.98. The third-order valence-corrected chi connectivity index (χ3v) is 4.74. The molecule has 3 aromatic rings. The van der Waals surface area contributed by atoms with Gasteiger partial charge in [0.15, 0.2) is 0 Å². The zero-order valence-electron chi connectivity index (χ0n) is 17.7. The summed E-state index contributed by atoms with van der Waals surface area (Å²) in [6.45, 7) is 0.870. The van der Waals surface area contributed by atoms with Gasteiger partial charge in [0.25, 0.3) is 5.91 Å². The summed E-state index contributed by atoms with van der Waals surface area (Å²) in [5.41, 5.74) is 3.58. The number of alkyl halides is 2. The molecule has 0 bridgehead atoms. The normalized spacial score (nSPS) is 11.7. The van der Waals surface area contributed by atoms with E-state index in [1.807, 2.05) is 32.0 Å². The minimum Gasteiger partial charge on any atom is -0.447 e. The van der Waals surface area contributed by atoms with Crippen molar-refractivity contribution in [2.75, 3.05) is 5.32 Å². The molecule has 0 radical (unpaired) electrons. The second-order valence-electron chi connectivity index (χ2n) is 7.29. The maximum atomic E-state index is 13.0. The smallest absolute Gasteiger partial charge is 0.387 e. The number of anilines is 1. The van der Waals surface area contributed by atoms with Crippen LogP contribution in [0.3, 0.4) is 0 Å². The first-order valence-corrected chi connectivity index (χ1v) is 9.98. The first-order chi connectivity index (χ1) is 15.3. The highest BCUT2D eigenvalue weighted by Crippen LogP contribution is 2.23. The molecule has 5 nitrogen and oxygen atoms in total.